The molecule has 2 fully saturated rings. The lowest BCUT2D eigenvalue weighted by molar-refractivity contribution is -0.129. The van der Waals surface area contributed by atoms with Gasteiger partial charge in [0.2, 0.25) is 0 Å². The van der Waals surface area contributed by atoms with Crippen LogP contribution in [0.1, 0.15) is 49.4 Å². The fraction of sp³-hybridized carbons (Fsp3) is 0.381. The molecule has 0 amide bonds. The number of carbonyl (C=O) groups excluding carboxylic acids is 1. The number of rotatable bonds is 2. The van der Waals surface area contributed by atoms with E-state index in [0.717, 1.165) is 19.3 Å². The molecule has 23 heavy (non-hydrogen) atoms. The number of hydrogen-bond donors (Lipinski definition) is 1. The maximum atomic E-state index is 12.8. The first-order chi connectivity index (χ1) is 11.2. The zero-order chi connectivity index (χ0) is 15.9. The van der Waals surface area contributed by atoms with Gasteiger partial charge in [0.15, 0.2) is 0 Å². The molecule has 4 atom stereocenters. The van der Waals surface area contributed by atoms with E-state index in [-0.39, 0.29) is 23.4 Å². The number of ketones is 1. The second-order valence-electron chi connectivity index (χ2n) is 7.20. The van der Waals surface area contributed by atoms with Gasteiger partial charge in [-0.15, -0.1) is 0 Å². The van der Waals surface area contributed by atoms with E-state index in [1.165, 1.54) is 11.1 Å². The molecule has 2 aromatic rings. The molecule has 0 aromatic heterocycles. The predicted octanol–water partition coefficient (Wildman–Crippen LogP) is 4.45. The lowest BCUT2D eigenvalue weighted by atomic mass is 9.62. The summed E-state index contributed by atoms with van der Waals surface area (Å²) in [6.45, 7) is 2.31. The first-order valence-electron chi connectivity index (χ1n) is 8.59. The molecule has 0 spiro atoms. The highest BCUT2D eigenvalue weighted by Crippen LogP contribution is 2.57. The van der Waals surface area contributed by atoms with Gasteiger partial charge in [0, 0.05) is 24.4 Å². The number of nitrogens with one attached hydrogen (secondary N) is 1. The van der Waals surface area contributed by atoms with Crippen molar-refractivity contribution in [3.05, 3.63) is 71.8 Å². The SMILES string of the molecule is C[C@]12CCCC(=O)[C@@H]1[C@H](c1ccccc1)N[C@H]2c1ccccc1. The largest absolute Gasteiger partial charge is 0.302 e. The van der Waals surface area contributed by atoms with Gasteiger partial charge in [-0.2, -0.15) is 0 Å². The van der Waals surface area contributed by atoms with E-state index in [2.05, 4.69) is 66.8 Å². The summed E-state index contributed by atoms with van der Waals surface area (Å²) in [7, 11) is 0. The van der Waals surface area contributed by atoms with Crippen molar-refractivity contribution in [2.75, 3.05) is 0 Å². The number of hydrogen-bond acceptors (Lipinski definition) is 2. The molecule has 1 aliphatic heterocycles. The molecular weight excluding hydrogens is 282 g/mol. The Kier molecular flexibility index (Phi) is 3.57. The highest BCUT2D eigenvalue weighted by Gasteiger charge is 2.56. The summed E-state index contributed by atoms with van der Waals surface area (Å²) in [6, 6.07) is 21.4. The smallest absolute Gasteiger partial charge is 0.138 e. The second kappa shape index (κ2) is 5.61. The van der Waals surface area contributed by atoms with E-state index in [1.54, 1.807) is 0 Å². The molecule has 2 nitrogen and oxygen atoms in total. The average molecular weight is 305 g/mol. The van der Waals surface area contributed by atoms with Gasteiger partial charge < -0.3 is 5.32 Å². The number of carbonyl (C=O) groups is 1. The fourth-order valence-electron chi connectivity index (χ4n) is 4.75. The average Bonchev–Trinajstić information content (AvgIpc) is 2.91. The molecule has 4 rings (SSSR count). The normalized spacial score (nSPS) is 33.4. The van der Waals surface area contributed by atoms with Gasteiger partial charge in [0.1, 0.15) is 5.78 Å². The van der Waals surface area contributed by atoms with Crippen molar-refractivity contribution in [3.63, 3.8) is 0 Å². The van der Waals surface area contributed by atoms with Gasteiger partial charge in [0.25, 0.3) is 0 Å². The lowest BCUT2D eigenvalue weighted by Crippen LogP contribution is -2.38. The van der Waals surface area contributed by atoms with Crippen LogP contribution < -0.4 is 5.32 Å². The first-order valence-corrected chi connectivity index (χ1v) is 8.59. The third-order valence-corrected chi connectivity index (χ3v) is 5.83. The van der Waals surface area contributed by atoms with Gasteiger partial charge in [-0.1, -0.05) is 67.6 Å². The van der Waals surface area contributed by atoms with Crippen LogP contribution in [0.15, 0.2) is 60.7 Å². The van der Waals surface area contributed by atoms with Crippen LogP contribution in [0.4, 0.5) is 0 Å². The molecule has 2 aromatic carbocycles. The summed E-state index contributed by atoms with van der Waals surface area (Å²) in [5, 5.41) is 3.82. The monoisotopic (exact) mass is 305 g/mol. The summed E-state index contributed by atoms with van der Waals surface area (Å²) < 4.78 is 0. The zero-order valence-corrected chi connectivity index (χ0v) is 13.5. The Morgan fingerprint density at radius 2 is 1.57 bits per heavy atom. The molecule has 1 saturated carbocycles. The van der Waals surface area contributed by atoms with Crippen molar-refractivity contribution in [2.45, 2.75) is 38.3 Å². The van der Waals surface area contributed by atoms with E-state index in [0.29, 0.717) is 5.78 Å². The summed E-state index contributed by atoms with van der Waals surface area (Å²) in [5.74, 6) is 0.502. The maximum Gasteiger partial charge on any atom is 0.138 e. The Hall–Kier alpha value is -1.93. The van der Waals surface area contributed by atoms with E-state index < -0.39 is 0 Å². The summed E-state index contributed by atoms with van der Waals surface area (Å²) in [6.07, 6.45) is 2.85. The number of fused-ring (bicyclic) bond motifs is 1. The topological polar surface area (TPSA) is 29.1 Å². The van der Waals surface area contributed by atoms with E-state index in [1.807, 2.05) is 6.07 Å². The van der Waals surface area contributed by atoms with Gasteiger partial charge in [-0.05, 0) is 29.4 Å². The number of benzene rings is 2. The van der Waals surface area contributed by atoms with Crippen LogP contribution in [0.25, 0.3) is 0 Å². The van der Waals surface area contributed by atoms with Gasteiger partial charge in [-0.3, -0.25) is 4.79 Å². The summed E-state index contributed by atoms with van der Waals surface area (Å²) in [4.78, 5) is 12.8. The molecule has 0 radical (unpaired) electrons. The molecule has 1 saturated heterocycles. The minimum Gasteiger partial charge on any atom is -0.302 e. The predicted molar refractivity (Wildman–Crippen MR) is 92.0 cm³/mol. The number of Topliss-reactive ketones (excluding diaryl/α,β-unsaturated/α-hetero) is 1. The minimum atomic E-state index is -0.00278. The van der Waals surface area contributed by atoms with Gasteiger partial charge >= 0.3 is 0 Å². The molecular formula is C21H23NO. The van der Waals surface area contributed by atoms with Gasteiger partial charge in [-0.25, -0.2) is 0 Å². The van der Waals surface area contributed by atoms with E-state index in [4.69, 9.17) is 0 Å². The van der Waals surface area contributed by atoms with Crippen molar-refractivity contribution in [1.82, 2.24) is 5.32 Å². The van der Waals surface area contributed by atoms with Crippen LogP contribution in [0.3, 0.4) is 0 Å². The molecule has 0 unspecified atom stereocenters. The van der Waals surface area contributed by atoms with Crippen LogP contribution in [-0.4, -0.2) is 5.78 Å². The van der Waals surface area contributed by atoms with Crippen molar-refractivity contribution in [2.24, 2.45) is 11.3 Å². The molecule has 0 bridgehead atoms. The Bertz CT molecular complexity index is 696. The molecule has 1 N–H and O–H groups in total. The Morgan fingerprint density at radius 1 is 0.957 bits per heavy atom. The standard InChI is InChI=1S/C21H23NO/c1-21-14-8-13-17(23)18(21)19(15-9-4-2-5-10-15)22-20(21)16-11-6-3-7-12-16/h2-7,9-12,18-20,22H,8,13-14H2,1H3/t18-,19+,20+,21+/m1/s1. The van der Waals surface area contributed by atoms with Crippen molar-refractivity contribution >= 4 is 5.78 Å². The van der Waals surface area contributed by atoms with Crippen LogP contribution in [0.5, 0.6) is 0 Å². The summed E-state index contributed by atoms with van der Waals surface area (Å²) in [5.41, 5.74) is 2.53. The van der Waals surface area contributed by atoms with Crippen molar-refractivity contribution < 1.29 is 4.79 Å². The zero-order valence-electron chi connectivity index (χ0n) is 13.5. The Balaban J connectivity index is 1.79. The molecule has 1 aliphatic carbocycles. The first kappa shape index (κ1) is 14.6. The molecule has 2 heteroatoms. The Labute approximate surface area is 137 Å². The van der Waals surface area contributed by atoms with Crippen LogP contribution >= 0.6 is 0 Å². The fourth-order valence-corrected chi connectivity index (χ4v) is 4.75. The second-order valence-corrected chi connectivity index (χ2v) is 7.20. The lowest BCUT2D eigenvalue weighted by Gasteiger charge is -2.39. The third-order valence-electron chi connectivity index (χ3n) is 5.83. The minimum absolute atomic E-state index is 0.00278. The van der Waals surface area contributed by atoms with Crippen LogP contribution in [0.2, 0.25) is 0 Å². The maximum absolute atomic E-state index is 12.8. The van der Waals surface area contributed by atoms with Gasteiger partial charge in [0.05, 0.1) is 0 Å². The van der Waals surface area contributed by atoms with Crippen LogP contribution in [0, 0.1) is 11.3 Å². The molecule has 2 aliphatic rings. The Morgan fingerprint density at radius 3 is 2.22 bits per heavy atom. The van der Waals surface area contributed by atoms with Crippen molar-refractivity contribution in [1.29, 1.82) is 0 Å². The van der Waals surface area contributed by atoms with Crippen molar-refractivity contribution in [3.8, 4) is 0 Å². The highest BCUT2D eigenvalue weighted by atomic mass is 16.1. The quantitative estimate of drug-likeness (QED) is 0.888. The highest BCUT2D eigenvalue weighted by molar-refractivity contribution is 5.84. The third kappa shape index (κ3) is 2.33. The summed E-state index contributed by atoms with van der Waals surface area (Å²) >= 11 is 0. The molecule has 118 valence electrons. The van der Waals surface area contributed by atoms with E-state index >= 15 is 0 Å². The van der Waals surface area contributed by atoms with Crippen LogP contribution in [-0.2, 0) is 4.79 Å². The molecule has 1 heterocycles. The van der Waals surface area contributed by atoms with E-state index in [9.17, 15) is 4.79 Å².